The van der Waals surface area contributed by atoms with E-state index < -0.39 is 17.8 Å². The predicted molar refractivity (Wildman–Crippen MR) is 107 cm³/mol. The Hall–Kier alpha value is -2.72. The SMILES string of the molecule is COC(=O)CCC(=O)NC(=S)NNC(=O)CCC(=O)Nc1cccc(Cl)c1C. The summed E-state index contributed by atoms with van der Waals surface area (Å²) in [4.78, 5) is 46.2. The highest BCUT2D eigenvalue weighted by atomic mass is 35.5. The van der Waals surface area contributed by atoms with Crippen molar-refractivity contribution in [2.24, 2.45) is 0 Å². The van der Waals surface area contributed by atoms with E-state index in [0.717, 1.165) is 5.56 Å². The highest BCUT2D eigenvalue weighted by molar-refractivity contribution is 7.80. The summed E-state index contributed by atoms with van der Waals surface area (Å²) < 4.78 is 4.42. The molecule has 9 nitrogen and oxygen atoms in total. The van der Waals surface area contributed by atoms with Crippen molar-refractivity contribution in [2.45, 2.75) is 32.6 Å². The van der Waals surface area contributed by atoms with Gasteiger partial charge >= 0.3 is 5.97 Å². The van der Waals surface area contributed by atoms with Gasteiger partial charge < -0.3 is 15.4 Å². The van der Waals surface area contributed by atoms with E-state index in [-0.39, 0.29) is 36.7 Å². The van der Waals surface area contributed by atoms with Crippen molar-refractivity contribution in [3.8, 4) is 0 Å². The monoisotopic (exact) mass is 428 g/mol. The molecule has 4 N–H and O–H groups in total. The number of carbonyl (C=O) groups is 4. The molecule has 0 atom stereocenters. The molecule has 0 unspecified atom stereocenters. The van der Waals surface area contributed by atoms with E-state index in [2.05, 4.69) is 26.2 Å². The summed E-state index contributed by atoms with van der Waals surface area (Å²) in [6.07, 6.45) is -0.348. The molecule has 152 valence electrons. The molecule has 0 fully saturated rings. The van der Waals surface area contributed by atoms with Gasteiger partial charge in [-0.2, -0.15) is 0 Å². The quantitative estimate of drug-likeness (QED) is 0.293. The van der Waals surface area contributed by atoms with Gasteiger partial charge in [-0.1, -0.05) is 17.7 Å². The molecule has 0 aromatic heterocycles. The van der Waals surface area contributed by atoms with E-state index in [9.17, 15) is 19.2 Å². The molecule has 0 saturated heterocycles. The average molecular weight is 429 g/mol. The normalized spacial score (nSPS) is 9.82. The van der Waals surface area contributed by atoms with E-state index in [1.807, 2.05) is 0 Å². The molecule has 0 aliphatic carbocycles. The third kappa shape index (κ3) is 8.78. The summed E-state index contributed by atoms with van der Waals surface area (Å²) >= 11 is 10.8. The Balaban J connectivity index is 2.28. The molecule has 1 rings (SSSR count). The van der Waals surface area contributed by atoms with Gasteiger partial charge in [0.15, 0.2) is 5.11 Å². The van der Waals surface area contributed by atoms with Crippen molar-refractivity contribution >= 4 is 58.3 Å². The molecule has 0 spiro atoms. The molecule has 0 bridgehead atoms. The number of carbonyl (C=O) groups excluding carboxylic acids is 4. The maximum Gasteiger partial charge on any atom is 0.306 e. The number of esters is 1. The number of methoxy groups -OCH3 is 1. The van der Waals surface area contributed by atoms with Crippen LogP contribution in [0.5, 0.6) is 0 Å². The van der Waals surface area contributed by atoms with Crippen LogP contribution in [0.2, 0.25) is 5.02 Å². The number of hydrogen-bond donors (Lipinski definition) is 4. The standard InChI is InChI=1S/C17H21ClN4O5S/c1-10-11(18)4-3-5-12(10)19-13(23)6-7-15(25)21-22-17(28)20-14(24)8-9-16(26)27-2/h3-5H,6-9H2,1-2H3,(H,19,23)(H,21,25)(H2,20,22,24,28). The van der Waals surface area contributed by atoms with E-state index in [0.29, 0.717) is 10.7 Å². The van der Waals surface area contributed by atoms with Crippen LogP contribution in [0, 0.1) is 6.92 Å². The Bertz CT molecular complexity index is 772. The first-order chi connectivity index (χ1) is 13.2. The molecular weight excluding hydrogens is 408 g/mol. The van der Waals surface area contributed by atoms with Crippen LogP contribution in [0.25, 0.3) is 0 Å². The molecule has 3 amide bonds. The van der Waals surface area contributed by atoms with Gasteiger partial charge in [-0.25, -0.2) is 0 Å². The number of ether oxygens (including phenoxy) is 1. The van der Waals surface area contributed by atoms with Crippen LogP contribution in [0.4, 0.5) is 5.69 Å². The lowest BCUT2D eigenvalue weighted by molar-refractivity contribution is -0.142. The van der Waals surface area contributed by atoms with Gasteiger partial charge in [0.1, 0.15) is 0 Å². The first-order valence-corrected chi connectivity index (χ1v) is 9.02. The second-order valence-electron chi connectivity index (χ2n) is 5.59. The molecule has 0 aliphatic rings. The van der Waals surface area contributed by atoms with Crippen molar-refractivity contribution < 1.29 is 23.9 Å². The number of hydrazine groups is 1. The number of benzene rings is 1. The second-order valence-corrected chi connectivity index (χ2v) is 6.40. The Morgan fingerprint density at radius 2 is 1.64 bits per heavy atom. The highest BCUT2D eigenvalue weighted by Crippen LogP contribution is 2.22. The van der Waals surface area contributed by atoms with Gasteiger partial charge in [0, 0.05) is 30.0 Å². The third-order valence-corrected chi connectivity index (χ3v) is 4.09. The molecule has 0 radical (unpaired) electrons. The van der Waals surface area contributed by atoms with E-state index in [4.69, 9.17) is 23.8 Å². The summed E-state index contributed by atoms with van der Waals surface area (Å²) in [5.41, 5.74) is 5.91. The summed E-state index contributed by atoms with van der Waals surface area (Å²) in [6.45, 7) is 1.77. The van der Waals surface area contributed by atoms with Gasteiger partial charge in [-0.3, -0.25) is 30.0 Å². The number of nitrogens with one attached hydrogen (secondary N) is 4. The summed E-state index contributed by atoms with van der Waals surface area (Å²) in [5.74, 6) is -1.87. The third-order valence-electron chi connectivity index (χ3n) is 3.47. The maximum absolute atomic E-state index is 11.9. The van der Waals surface area contributed by atoms with Gasteiger partial charge in [-0.05, 0) is 36.8 Å². The summed E-state index contributed by atoms with van der Waals surface area (Å²) in [5, 5.41) is 5.36. The molecular formula is C17H21ClN4O5S. The van der Waals surface area contributed by atoms with Gasteiger partial charge in [0.25, 0.3) is 0 Å². The predicted octanol–water partition coefficient (Wildman–Crippen LogP) is 1.34. The highest BCUT2D eigenvalue weighted by Gasteiger charge is 2.11. The van der Waals surface area contributed by atoms with Crippen molar-refractivity contribution in [1.82, 2.24) is 16.2 Å². The largest absolute Gasteiger partial charge is 0.469 e. The molecule has 0 saturated carbocycles. The van der Waals surface area contributed by atoms with Crippen LogP contribution >= 0.6 is 23.8 Å². The minimum atomic E-state index is -0.520. The number of thiocarbonyl (C=S) groups is 1. The number of halogens is 1. The summed E-state index contributed by atoms with van der Waals surface area (Å²) in [7, 11) is 1.22. The molecule has 28 heavy (non-hydrogen) atoms. The number of hydrogen-bond acceptors (Lipinski definition) is 6. The smallest absolute Gasteiger partial charge is 0.306 e. The molecule has 1 aromatic carbocycles. The Morgan fingerprint density at radius 3 is 2.32 bits per heavy atom. The molecule has 1 aromatic rings. The zero-order chi connectivity index (χ0) is 21.1. The molecule has 0 aliphatic heterocycles. The van der Waals surface area contributed by atoms with Crippen molar-refractivity contribution in [3.63, 3.8) is 0 Å². The zero-order valence-corrected chi connectivity index (χ0v) is 17.0. The van der Waals surface area contributed by atoms with Crippen molar-refractivity contribution in [3.05, 3.63) is 28.8 Å². The Kier molecular flexibility index (Phi) is 9.89. The van der Waals surface area contributed by atoms with E-state index in [1.165, 1.54) is 7.11 Å². The fourth-order valence-electron chi connectivity index (χ4n) is 1.91. The maximum atomic E-state index is 11.9. The lowest BCUT2D eigenvalue weighted by Crippen LogP contribution is -2.48. The molecule has 0 heterocycles. The topological polar surface area (TPSA) is 126 Å². The van der Waals surface area contributed by atoms with E-state index in [1.54, 1.807) is 25.1 Å². The van der Waals surface area contributed by atoms with Crippen LogP contribution in [0.1, 0.15) is 31.2 Å². The fourth-order valence-corrected chi connectivity index (χ4v) is 2.25. The average Bonchev–Trinajstić information content (AvgIpc) is 2.66. The van der Waals surface area contributed by atoms with Crippen molar-refractivity contribution in [2.75, 3.05) is 12.4 Å². The second kappa shape index (κ2) is 11.9. The van der Waals surface area contributed by atoms with Crippen LogP contribution in [-0.4, -0.2) is 35.9 Å². The number of anilines is 1. The van der Waals surface area contributed by atoms with Crippen LogP contribution in [-0.2, 0) is 23.9 Å². The first kappa shape index (κ1) is 23.3. The van der Waals surface area contributed by atoms with Crippen LogP contribution < -0.4 is 21.5 Å². The number of rotatable bonds is 7. The van der Waals surface area contributed by atoms with Gasteiger partial charge in [0.05, 0.1) is 13.5 Å². The van der Waals surface area contributed by atoms with E-state index >= 15 is 0 Å². The Labute approximate surface area is 172 Å². The first-order valence-electron chi connectivity index (χ1n) is 8.23. The zero-order valence-electron chi connectivity index (χ0n) is 15.4. The lowest BCUT2D eigenvalue weighted by Gasteiger charge is -2.11. The van der Waals surface area contributed by atoms with Gasteiger partial charge in [0.2, 0.25) is 17.7 Å². The van der Waals surface area contributed by atoms with Crippen LogP contribution in [0.15, 0.2) is 18.2 Å². The van der Waals surface area contributed by atoms with Crippen molar-refractivity contribution in [1.29, 1.82) is 0 Å². The summed E-state index contributed by atoms with van der Waals surface area (Å²) in [6, 6.07) is 5.13. The van der Waals surface area contributed by atoms with Gasteiger partial charge in [-0.15, -0.1) is 0 Å². The molecule has 11 heteroatoms. The number of amides is 3. The fraction of sp³-hybridized carbons (Fsp3) is 0.353. The minimum Gasteiger partial charge on any atom is -0.469 e. The Morgan fingerprint density at radius 1 is 1.00 bits per heavy atom. The minimum absolute atomic E-state index is 0.0578. The van der Waals surface area contributed by atoms with Crippen LogP contribution in [0.3, 0.4) is 0 Å². The lowest BCUT2D eigenvalue weighted by atomic mass is 10.2.